The number of nitrogens with zero attached hydrogens (tertiary/aromatic N) is 1. The highest BCUT2D eigenvalue weighted by Crippen LogP contribution is 2.30. The van der Waals surface area contributed by atoms with Crippen molar-refractivity contribution < 1.29 is 9.52 Å². The second-order valence-electron chi connectivity index (χ2n) is 4.35. The van der Waals surface area contributed by atoms with Crippen molar-refractivity contribution in [2.24, 2.45) is 0 Å². The Kier molecular flexibility index (Phi) is 3.23. The van der Waals surface area contributed by atoms with Gasteiger partial charge in [0.1, 0.15) is 11.9 Å². The van der Waals surface area contributed by atoms with E-state index in [1.54, 1.807) is 12.3 Å². The average Bonchev–Trinajstić information content (AvgIpc) is 2.85. The monoisotopic (exact) mass is 273 g/mol. The van der Waals surface area contributed by atoms with Gasteiger partial charge >= 0.3 is 0 Å². The summed E-state index contributed by atoms with van der Waals surface area (Å²) >= 11 is 6.05. The Balaban J connectivity index is 1.89. The van der Waals surface area contributed by atoms with Gasteiger partial charge in [0.05, 0.1) is 5.02 Å². The van der Waals surface area contributed by atoms with E-state index < -0.39 is 6.10 Å². The molecular weight excluding hydrogens is 262 g/mol. The van der Waals surface area contributed by atoms with Crippen molar-refractivity contribution in [2.75, 3.05) is 0 Å². The van der Waals surface area contributed by atoms with Gasteiger partial charge in [0.15, 0.2) is 5.58 Å². The van der Waals surface area contributed by atoms with Gasteiger partial charge in [-0.2, -0.15) is 0 Å². The Hall–Kier alpha value is -1.84. The van der Waals surface area contributed by atoms with Crippen LogP contribution >= 0.6 is 11.6 Å². The van der Waals surface area contributed by atoms with Crippen LogP contribution < -0.4 is 0 Å². The summed E-state index contributed by atoms with van der Waals surface area (Å²) in [6.45, 7) is 0. The predicted molar refractivity (Wildman–Crippen MR) is 74.1 cm³/mol. The Labute approximate surface area is 115 Å². The number of aliphatic hydroxyl groups is 1. The first-order valence-corrected chi connectivity index (χ1v) is 6.38. The molecule has 3 rings (SSSR count). The summed E-state index contributed by atoms with van der Waals surface area (Å²) in [6, 6.07) is 13.0. The minimum atomic E-state index is -0.724. The number of halogens is 1. The summed E-state index contributed by atoms with van der Waals surface area (Å²) in [4.78, 5) is 4.19. The van der Waals surface area contributed by atoms with Crippen LogP contribution in [0.3, 0.4) is 0 Å². The fourth-order valence-corrected chi connectivity index (χ4v) is 2.25. The third-order valence-electron chi connectivity index (χ3n) is 2.97. The molecule has 0 fully saturated rings. The second kappa shape index (κ2) is 5.03. The summed E-state index contributed by atoms with van der Waals surface area (Å²) in [5.41, 5.74) is 1.43. The number of para-hydroxylation sites is 1. The maximum absolute atomic E-state index is 10.2. The molecule has 2 heterocycles. The molecule has 3 nitrogen and oxygen atoms in total. The van der Waals surface area contributed by atoms with Crippen LogP contribution in [0.4, 0.5) is 0 Å². The Morgan fingerprint density at radius 1 is 1.21 bits per heavy atom. The van der Waals surface area contributed by atoms with Crippen molar-refractivity contribution in [1.29, 1.82) is 0 Å². The molecule has 0 aliphatic rings. The molecule has 0 aliphatic heterocycles. The van der Waals surface area contributed by atoms with Gasteiger partial charge in [-0.05, 0) is 24.3 Å². The lowest BCUT2D eigenvalue weighted by atomic mass is 10.1. The van der Waals surface area contributed by atoms with E-state index in [1.165, 1.54) is 0 Å². The van der Waals surface area contributed by atoms with Crippen LogP contribution in [0.25, 0.3) is 11.0 Å². The van der Waals surface area contributed by atoms with Crippen LogP contribution in [-0.2, 0) is 6.42 Å². The maximum Gasteiger partial charge on any atom is 0.152 e. The van der Waals surface area contributed by atoms with E-state index in [1.807, 2.05) is 36.4 Å². The minimum absolute atomic E-state index is 0.415. The van der Waals surface area contributed by atoms with Crippen LogP contribution in [0.15, 0.2) is 53.1 Å². The van der Waals surface area contributed by atoms with Crippen molar-refractivity contribution in [3.05, 3.63) is 65.1 Å². The number of furan rings is 1. The third kappa shape index (κ3) is 2.48. The zero-order chi connectivity index (χ0) is 13.2. The Morgan fingerprint density at radius 3 is 2.84 bits per heavy atom. The molecule has 0 saturated heterocycles. The lowest BCUT2D eigenvalue weighted by molar-refractivity contribution is 0.151. The number of fused-ring (bicyclic) bond motifs is 1. The molecule has 19 heavy (non-hydrogen) atoms. The van der Waals surface area contributed by atoms with Gasteiger partial charge in [-0.3, -0.25) is 4.98 Å². The van der Waals surface area contributed by atoms with E-state index >= 15 is 0 Å². The quantitative estimate of drug-likeness (QED) is 0.790. The molecule has 0 saturated carbocycles. The molecule has 4 heteroatoms. The summed E-state index contributed by atoms with van der Waals surface area (Å²) in [5, 5.41) is 11.6. The van der Waals surface area contributed by atoms with Crippen molar-refractivity contribution in [3.63, 3.8) is 0 Å². The number of aliphatic hydroxyl groups excluding tert-OH is 1. The van der Waals surface area contributed by atoms with Gasteiger partial charge in [-0.1, -0.05) is 29.8 Å². The van der Waals surface area contributed by atoms with E-state index in [0.717, 1.165) is 11.1 Å². The predicted octanol–water partition coefficient (Wildman–Crippen LogP) is 3.76. The Bertz CT molecular complexity index is 694. The number of hydrogen-bond acceptors (Lipinski definition) is 3. The van der Waals surface area contributed by atoms with Gasteiger partial charge in [-0.15, -0.1) is 0 Å². The van der Waals surface area contributed by atoms with Crippen LogP contribution in [0.2, 0.25) is 5.02 Å². The molecule has 1 N–H and O–H groups in total. The minimum Gasteiger partial charge on any atom is -0.457 e. The van der Waals surface area contributed by atoms with Crippen molar-refractivity contribution in [3.8, 4) is 0 Å². The zero-order valence-electron chi connectivity index (χ0n) is 10.1. The normalized spacial score (nSPS) is 12.7. The van der Waals surface area contributed by atoms with Gasteiger partial charge in [0, 0.05) is 23.7 Å². The highest BCUT2D eigenvalue weighted by molar-refractivity contribution is 6.34. The molecule has 1 aromatic carbocycles. The summed E-state index contributed by atoms with van der Waals surface area (Å²) in [7, 11) is 0. The van der Waals surface area contributed by atoms with Crippen molar-refractivity contribution in [1.82, 2.24) is 4.98 Å². The number of aromatic nitrogens is 1. The topological polar surface area (TPSA) is 46.3 Å². The highest BCUT2D eigenvalue weighted by atomic mass is 35.5. The van der Waals surface area contributed by atoms with Gasteiger partial charge in [0.2, 0.25) is 0 Å². The number of hydrogen-bond donors (Lipinski definition) is 1. The molecule has 0 bridgehead atoms. The molecular formula is C15H12ClNO2. The fraction of sp³-hybridized carbons (Fsp3) is 0.133. The van der Waals surface area contributed by atoms with E-state index in [0.29, 0.717) is 22.8 Å². The molecule has 1 unspecified atom stereocenters. The molecule has 96 valence electrons. The summed E-state index contributed by atoms with van der Waals surface area (Å²) in [6.07, 6.45) is 1.40. The van der Waals surface area contributed by atoms with Gasteiger partial charge in [-0.25, -0.2) is 0 Å². The van der Waals surface area contributed by atoms with Crippen molar-refractivity contribution >= 4 is 22.6 Å². The number of benzene rings is 1. The van der Waals surface area contributed by atoms with Gasteiger partial charge in [0.25, 0.3) is 0 Å². The maximum atomic E-state index is 10.2. The summed E-state index contributed by atoms with van der Waals surface area (Å²) in [5.74, 6) is 0.508. The first kappa shape index (κ1) is 12.2. The first-order valence-electron chi connectivity index (χ1n) is 6.00. The highest BCUT2D eigenvalue weighted by Gasteiger charge is 2.15. The Morgan fingerprint density at radius 2 is 2.11 bits per heavy atom. The van der Waals surface area contributed by atoms with Crippen LogP contribution in [0, 0.1) is 0 Å². The number of pyridine rings is 1. The van der Waals surface area contributed by atoms with Crippen LogP contribution in [0.5, 0.6) is 0 Å². The lowest BCUT2D eigenvalue weighted by Gasteiger charge is -2.06. The molecule has 1 atom stereocenters. The van der Waals surface area contributed by atoms with E-state index in [4.69, 9.17) is 16.0 Å². The summed E-state index contributed by atoms with van der Waals surface area (Å²) < 4.78 is 5.62. The molecule has 0 radical (unpaired) electrons. The smallest absolute Gasteiger partial charge is 0.152 e. The lowest BCUT2D eigenvalue weighted by Crippen LogP contribution is -2.01. The fourth-order valence-electron chi connectivity index (χ4n) is 2.03. The average molecular weight is 274 g/mol. The van der Waals surface area contributed by atoms with E-state index in [2.05, 4.69) is 4.98 Å². The van der Waals surface area contributed by atoms with Gasteiger partial charge < -0.3 is 9.52 Å². The molecule has 0 amide bonds. The largest absolute Gasteiger partial charge is 0.457 e. The molecule has 0 aliphatic carbocycles. The standard InChI is InChI=1S/C15H12ClNO2/c16-12-6-3-4-10-8-14(19-15(10)12)13(18)9-11-5-1-2-7-17-11/h1-8,13,18H,9H2. The second-order valence-corrected chi connectivity index (χ2v) is 4.76. The SMILES string of the molecule is OC(Cc1ccccn1)c1cc2cccc(Cl)c2o1. The number of rotatable bonds is 3. The van der Waals surface area contributed by atoms with Crippen LogP contribution in [0.1, 0.15) is 17.6 Å². The molecule has 2 aromatic heterocycles. The zero-order valence-corrected chi connectivity index (χ0v) is 10.8. The van der Waals surface area contributed by atoms with E-state index in [9.17, 15) is 5.11 Å². The first-order chi connectivity index (χ1) is 9.24. The van der Waals surface area contributed by atoms with E-state index in [-0.39, 0.29) is 0 Å². The van der Waals surface area contributed by atoms with Crippen molar-refractivity contribution in [2.45, 2.75) is 12.5 Å². The molecule has 3 aromatic rings. The van der Waals surface area contributed by atoms with Crippen LogP contribution in [-0.4, -0.2) is 10.1 Å². The molecule has 0 spiro atoms. The third-order valence-corrected chi connectivity index (χ3v) is 3.27.